The van der Waals surface area contributed by atoms with Crippen molar-refractivity contribution in [1.29, 1.82) is 0 Å². The highest BCUT2D eigenvalue weighted by Crippen LogP contribution is 2.33. The van der Waals surface area contributed by atoms with Gasteiger partial charge in [-0.1, -0.05) is 30.3 Å². The van der Waals surface area contributed by atoms with Gasteiger partial charge >= 0.3 is 11.9 Å². The maximum atomic E-state index is 12.1. The summed E-state index contributed by atoms with van der Waals surface area (Å²) in [5, 5.41) is 1.50. The molecule has 0 unspecified atom stereocenters. The molecule has 0 bridgehead atoms. The molecule has 10 nitrogen and oxygen atoms in total. The summed E-state index contributed by atoms with van der Waals surface area (Å²) in [6.07, 6.45) is 1.41. The molecule has 174 valence electrons. The molecule has 12 heteroatoms. The molecule has 33 heavy (non-hydrogen) atoms. The van der Waals surface area contributed by atoms with E-state index in [1.807, 2.05) is 6.07 Å². The van der Waals surface area contributed by atoms with Crippen LogP contribution in [-0.2, 0) is 30.9 Å². The quantitative estimate of drug-likeness (QED) is 0.431. The monoisotopic (exact) mass is 490 g/mol. The molecule has 0 saturated carbocycles. The van der Waals surface area contributed by atoms with Crippen molar-refractivity contribution in [2.45, 2.75) is 20.5 Å². The fraction of sp³-hybridized carbons (Fsp3) is 0.238. The Balaban J connectivity index is 1.61. The van der Waals surface area contributed by atoms with Gasteiger partial charge in [0.05, 0.1) is 12.0 Å². The number of esters is 2. The van der Waals surface area contributed by atoms with Crippen LogP contribution >= 0.6 is 11.3 Å². The molecule has 2 heterocycles. The number of nitrogens with two attached hydrogens (primary N) is 1. The molecule has 0 aliphatic rings. The van der Waals surface area contributed by atoms with Crippen molar-refractivity contribution in [2.75, 3.05) is 18.9 Å². The number of fused-ring (bicyclic) bond motifs is 1. The van der Waals surface area contributed by atoms with E-state index < -0.39 is 28.5 Å². The Labute approximate surface area is 194 Å². The Morgan fingerprint density at radius 2 is 1.91 bits per heavy atom. The summed E-state index contributed by atoms with van der Waals surface area (Å²) in [5.41, 5.74) is 7.33. The Morgan fingerprint density at radius 3 is 2.61 bits per heavy atom. The summed E-state index contributed by atoms with van der Waals surface area (Å²) in [7, 11) is -3.83. The number of ether oxygens (including phenoxy) is 2. The fourth-order valence-electron chi connectivity index (χ4n) is 2.81. The zero-order valence-corrected chi connectivity index (χ0v) is 19.5. The summed E-state index contributed by atoms with van der Waals surface area (Å²) in [4.78, 5) is 33.3. The first-order valence-corrected chi connectivity index (χ1v) is 12.2. The van der Waals surface area contributed by atoms with E-state index in [0.717, 1.165) is 16.7 Å². The fourth-order valence-corrected chi connectivity index (χ4v) is 4.66. The first kappa shape index (κ1) is 24.3. The van der Waals surface area contributed by atoms with E-state index in [4.69, 9.17) is 15.2 Å². The number of benzene rings is 1. The SMILES string of the molecule is CCOC(=O)c1sc2nc(COC(=O)CNS(=O)(=O)/C=C/c3ccccc3)nc(N)c2c1C. The summed E-state index contributed by atoms with van der Waals surface area (Å²) < 4.78 is 36.3. The van der Waals surface area contributed by atoms with Crippen molar-refractivity contribution in [3.8, 4) is 0 Å². The summed E-state index contributed by atoms with van der Waals surface area (Å²) in [6, 6.07) is 8.85. The van der Waals surface area contributed by atoms with Crippen LogP contribution in [0.25, 0.3) is 16.3 Å². The molecule has 0 spiro atoms. The van der Waals surface area contributed by atoms with Gasteiger partial charge < -0.3 is 15.2 Å². The van der Waals surface area contributed by atoms with Crippen molar-refractivity contribution in [1.82, 2.24) is 14.7 Å². The van der Waals surface area contributed by atoms with E-state index in [-0.39, 0.29) is 24.9 Å². The number of carbonyl (C=O) groups excluding carboxylic acids is 2. The van der Waals surface area contributed by atoms with Crippen LogP contribution in [0.1, 0.15) is 33.5 Å². The van der Waals surface area contributed by atoms with E-state index in [1.54, 1.807) is 38.1 Å². The van der Waals surface area contributed by atoms with Gasteiger partial charge in [-0.2, -0.15) is 0 Å². The molecule has 0 atom stereocenters. The van der Waals surface area contributed by atoms with E-state index in [0.29, 0.717) is 26.2 Å². The minimum Gasteiger partial charge on any atom is -0.462 e. The zero-order valence-electron chi connectivity index (χ0n) is 17.9. The minimum absolute atomic E-state index is 0.122. The lowest BCUT2D eigenvalue weighted by molar-refractivity contribution is -0.143. The van der Waals surface area contributed by atoms with E-state index in [2.05, 4.69) is 14.7 Å². The zero-order chi connectivity index (χ0) is 24.0. The number of nitrogens with zero attached hydrogens (tertiary/aromatic N) is 2. The molecule has 3 N–H and O–H groups in total. The second-order valence-electron chi connectivity index (χ2n) is 6.72. The lowest BCUT2D eigenvalue weighted by atomic mass is 10.2. The largest absolute Gasteiger partial charge is 0.462 e. The van der Waals surface area contributed by atoms with Gasteiger partial charge in [-0.25, -0.2) is 27.9 Å². The number of thiophene rings is 1. The van der Waals surface area contributed by atoms with Gasteiger partial charge in [0, 0.05) is 5.41 Å². The van der Waals surface area contributed by atoms with E-state index in [1.165, 1.54) is 6.08 Å². The van der Waals surface area contributed by atoms with Crippen molar-refractivity contribution in [3.05, 3.63) is 57.6 Å². The number of nitrogens with one attached hydrogen (secondary N) is 1. The number of sulfonamides is 1. The molecular weight excluding hydrogens is 468 g/mol. The van der Waals surface area contributed by atoms with Crippen LogP contribution in [0.5, 0.6) is 0 Å². The van der Waals surface area contributed by atoms with Crippen LogP contribution in [0.4, 0.5) is 5.82 Å². The molecule has 0 fully saturated rings. The smallest absolute Gasteiger partial charge is 0.348 e. The number of aryl methyl sites for hydroxylation is 1. The number of rotatable bonds is 9. The van der Waals surface area contributed by atoms with Crippen molar-refractivity contribution in [3.63, 3.8) is 0 Å². The van der Waals surface area contributed by atoms with Gasteiger partial charge in [0.25, 0.3) is 0 Å². The molecule has 3 rings (SSSR count). The molecule has 0 aliphatic carbocycles. The van der Waals surface area contributed by atoms with Gasteiger partial charge in [-0.05, 0) is 31.1 Å². The molecule has 0 saturated heterocycles. The predicted molar refractivity (Wildman–Crippen MR) is 125 cm³/mol. The summed E-state index contributed by atoms with van der Waals surface area (Å²) in [6.45, 7) is 2.79. The maximum Gasteiger partial charge on any atom is 0.348 e. The lowest BCUT2D eigenvalue weighted by Gasteiger charge is -2.06. The van der Waals surface area contributed by atoms with Crippen molar-refractivity contribution >= 4 is 55.4 Å². The third-order valence-corrected chi connectivity index (χ3v) is 6.55. The maximum absolute atomic E-state index is 12.1. The van der Waals surface area contributed by atoms with Crippen LogP contribution in [0.3, 0.4) is 0 Å². The van der Waals surface area contributed by atoms with Crippen LogP contribution < -0.4 is 10.5 Å². The number of carbonyl (C=O) groups is 2. The highest BCUT2D eigenvalue weighted by Gasteiger charge is 2.21. The standard InChI is InChI=1S/C21H22N4O6S2/c1-3-30-21(27)18-13(2)17-19(22)24-15(25-20(17)32-18)12-31-16(26)11-23-33(28,29)10-9-14-7-5-4-6-8-14/h4-10,23H,3,11-12H2,1-2H3,(H2,22,24,25)/b10-9+. The molecule has 0 amide bonds. The van der Waals surface area contributed by atoms with Crippen LogP contribution in [0.2, 0.25) is 0 Å². The Hall–Kier alpha value is -3.35. The first-order chi connectivity index (χ1) is 15.7. The second-order valence-corrected chi connectivity index (χ2v) is 9.37. The third-order valence-electron chi connectivity index (χ3n) is 4.34. The molecule has 3 aromatic rings. The molecule has 2 aromatic heterocycles. The van der Waals surface area contributed by atoms with Gasteiger partial charge in [-0.3, -0.25) is 4.79 Å². The van der Waals surface area contributed by atoms with Gasteiger partial charge in [0.15, 0.2) is 12.4 Å². The van der Waals surface area contributed by atoms with Crippen LogP contribution in [0, 0.1) is 6.92 Å². The average Bonchev–Trinajstić information content (AvgIpc) is 3.13. The summed E-state index contributed by atoms with van der Waals surface area (Å²) in [5.74, 6) is -1.03. The molecule has 1 aromatic carbocycles. The minimum atomic E-state index is -3.83. The average molecular weight is 491 g/mol. The summed E-state index contributed by atoms with van der Waals surface area (Å²) >= 11 is 1.11. The number of anilines is 1. The Morgan fingerprint density at radius 1 is 1.18 bits per heavy atom. The molecule has 0 aliphatic heterocycles. The number of hydrogen-bond donors (Lipinski definition) is 2. The number of hydrogen-bond acceptors (Lipinski definition) is 10. The molecule has 0 radical (unpaired) electrons. The molecular formula is C21H22N4O6S2. The second kappa shape index (κ2) is 10.5. The normalized spacial score (nSPS) is 11.7. The van der Waals surface area contributed by atoms with Crippen molar-refractivity contribution < 1.29 is 27.5 Å². The van der Waals surface area contributed by atoms with Gasteiger partial charge in [0.1, 0.15) is 22.1 Å². The number of aromatic nitrogens is 2. The van der Waals surface area contributed by atoms with Gasteiger partial charge in [0.2, 0.25) is 10.0 Å². The Kier molecular flexibility index (Phi) is 7.74. The van der Waals surface area contributed by atoms with Gasteiger partial charge in [-0.15, -0.1) is 11.3 Å². The predicted octanol–water partition coefficient (Wildman–Crippen LogP) is 2.39. The topological polar surface area (TPSA) is 151 Å². The number of nitrogen functional groups attached to an aromatic ring is 1. The van der Waals surface area contributed by atoms with Crippen LogP contribution in [-0.4, -0.2) is 43.5 Å². The highest BCUT2D eigenvalue weighted by atomic mass is 32.2. The third kappa shape index (κ3) is 6.34. The first-order valence-electron chi connectivity index (χ1n) is 9.81. The highest BCUT2D eigenvalue weighted by molar-refractivity contribution is 7.92. The van der Waals surface area contributed by atoms with Crippen LogP contribution in [0.15, 0.2) is 35.7 Å². The Bertz CT molecular complexity index is 1300. The van der Waals surface area contributed by atoms with Crippen molar-refractivity contribution in [2.24, 2.45) is 0 Å². The van der Waals surface area contributed by atoms with E-state index >= 15 is 0 Å². The lowest BCUT2D eigenvalue weighted by Crippen LogP contribution is -2.29. The van der Waals surface area contributed by atoms with E-state index in [9.17, 15) is 18.0 Å².